The first kappa shape index (κ1) is 9.69. The van der Waals surface area contributed by atoms with E-state index in [9.17, 15) is 4.79 Å². The van der Waals surface area contributed by atoms with Crippen molar-refractivity contribution in [2.75, 3.05) is 0 Å². The minimum atomic E-state index is 0.255. The summed E-state index contributed by atoms with van der Waals surface area (Å²) in [6.45, 7) is 0. The lowest BCUT2D eigenvalue weighted by Crippen LogP contribution is -2.02. The summed E-state index contributed by atoms with van der Waals surface area (Å²) in [5, 5.41) is 0.906. The highest BCUT2D eigenvalue weighted by Gasteiger charge is 2.15. The van der Waals surface area contributed by atoms with Gasteiger partial charge in [-0.15, -0.1) is 0 Å². The Kier molecular flexibility index (Phi) is 2.57. The maximum absolute atomic E-state index is 10.6. The van der Waals surface area contributed by atoms with E-state index < -0.39 is 0 Å². The van der Waals surface area contributed by atoms with Crippen LogP contribution >= 0.6 is 23.2 Å². The molecule has 0 atom stereocenters. The van der Waals surface area contributed by atoms with Crippen LogP contribution in [0, 0.1) is 0 Å². The zero-order valence-corrected chi connectivity index (χ0v) is 8.77. The molecule has 0 aromatic carbocycles. The molecule has 1 heterocycles. The van der Waals surface area contributed by atoms with E-state index in [0.29, 0.717) is 16.9 Å². The number of hydrogen-bond acceptors (Lipinski definition) is 2. The SMILES string of the molecule is O=Cc1cc2c(nc1Cl)CCC=C2Cl. The van der Waals surface area contributed by atoms with Crippen LogP contribution in [0.15, 0.2) is 12.1 Å². The number of carbonyl (C=O) groups is 1. The maximum Gasteiger partial charge on any atom is 0.153 e. The van der Waals surface area contributed by atoms with E-state index in [0.717, 1.165) is 24.1 Å². The Morgan fingerprint density at radius 3 is 2.93 bits per heavy atom. The molecule has 72 valence electrons. The standard InChI is InChI=1S/C10H7Cl2NO/c11-8-2-1-3-9-7(8)4-6(5-14)10(12)13-9/h2,4-5H,1,3H2. The van der Waals surface area contributed by atoms with Gasteiger partial charge in [0.25, 0.3) is 0 Å². The summed E-state index contributed by atoms with van der Waals surface area (Å²) in [6.07, 6.45) is 4.31. The van der Waals surface area contributed by atoms with Crippen molar-refractivity contribution in [3.63, 3.8) is 0 Å². The van der Waals surface area contributed by atoms with E-state index in [4.69, 9.17) is 23.2 Å². The molecule has 0 amide bonds. The number of halogens is 2. The van der Waals surface area contributed by atoms with E-state index in [2.05, 4.69) is 4.98 Å². The van der Waals surface area contributed by atoms with Gasteiger partial charge in [0, 0.05) is 10.6 Å². The quantitative estimate of drug-likeness (QED) is 0.546. The Hall–Kier alpha value is -0.860. The third-order valence-electron chi connectivity index (χ3n) is 2.17. The molecular weight excluding hydrogens is 221 g/mol. The number of fused-ring (bicyclic) bond motifs is 1. The largest absolute Gasteiger partial charge is 0.298 e. The van der Waals surface area contributed by atoms with Gasteiger partial charge in [0.2, 0.25) is 0 Å². The van der Waals surface area contributed by atoms with Crippen molar-refractivity contribution in [3.05, 3.63) is 34.1 Å². The number of allylic oxidation sites excluding steroid dienone is 1. The predicted molar refractivity (Wildman–Crippen MR) is 56.8 cm³/mol. The van der Waals surface area contributed by atoms with Crippen molar-refractivity contribution in [3.8, 4) is 0 Å². The van der Waals surface area contributed by atoms with Gasteiger partial charge in [0.15, 0.2) is 6.29 Å². The number of aromatic nitrogens is 1. The first-order chi connectivity index (χ1) is 6.72. The highest BCUT2D eigenvalue weighted by atomic mass is 35.5. The van der Waals surface area contributed by atoms with E-state index in [1.54, 1.807) is 6.07 Å². The normalized spacial score (nSPS) is 14.6. The van der Waals surface area contributed by atoms with Crippen LogP contribution in [0.25, 0.3) is 5.03 Å². The van der Waals surface area contributed by atoms with Gasteiger partial charge in [0.1, 0.15) is 5.15 Å². The van der Waals surface area contributed by atoms with Crippen molar-refractivity contribution in [1.29, 1.82) is 0 Å². The summed E-state index contributed by atoms with van der Waals surface area (Å²) in [7, 11) is 0. The van der Waals surface area contributed by atoms with Gasteiger partial charge in [-0.05, 0) is 18.9 Å². The molecule has 0 radical (unpaired) electrons. The molecule has 0 saturated heterocycles. The van der Waals surface area contributed by atoms with Crippen LogP contribution in [0.1, 0.15) is 28.0 Å². The molecule has 0 bridgehead atoms. The second-order valence-electron chi connectivity index (χ2n) is 3.07. The third-order valence-corrected chi connectivity index (χ3v) is 2.83. The van der Waals surface area contributed by atoms with Gasteiger partial charge in [-0.25, -0.2) is 4.98 Å². The lowest BCUT2D eigenvalue weighted by molar-refractivity contribution is 0.112. The number of aldehydes is 1. The topological polar surface area (TPSA) is 30.0 Å². The number of carbonyl (C=O) groups excluding carboxylic acids is 1. The van der Waals surface area contributed by atoms with E-state index in [1.807, 2.05) is 6.08 Å². The highest BCUT2D eigenvalue weighted by Crippen LogP contribution is 2.30. The first-order valence-electron chi connectivity index (χ1n) is 4.23. The Morgan fingerprint density at radius 1 is 1.43 bits per heavy atom. The van der Waals surface area contributed by atoms with Crippen molar-refractivity contribution in [1.82, 2.24) is 4.98 Å². The fourth-order valence-corrected chi connectivity index (χ4v) is 1.94. The Balaban J connectivity index is 2.62. The summed E-state index contributed by atoms with van der Waals surface area (Å²) >= 11 is 11.8. The van der Waals surface area contributed by atoms with Crippen LogP contribution in [-0.4, -0.2) is 11.3 Å². The molecule has 4 heteroatoms. The Bertz CT molecular complexity index is 426. The van der Waals surface area contributed by atoms with Crippen molar-refractivity contribution < 1.29 is 4.79 Å². The summed E-state index contributed by atoms with van der Waals surface area (Å²) < 4.78 is 0. The van der Waals surface area contributed by atoms with Crippen LogP contribution in [0.4, 0.5) is 0 Å². The molecule has 0 spiro atoms. The number of pyridine rings is 1. The highest BCUT2D eigenvalue weighted by molar-refractivity contribution is 6.49. The summed E-state index contributed by atoms with van der Waals surface area (Å²) in [6, 6.07) is 1.69. The summed E-state index contributed by atoms with van der Waals surface area (Å²) in [5.74, 6) is 0. The molecule has 1 aliphatic rings. The van der Waals surface area contributed by atoms with Gasteiger partial charge in [0.05, 0.1) is 11.3 Å². The number of aryl methyl sites for hydroxylation is 1. The average Bonchev–Trinajstić information content (AvgIpc) is 2.17. The smallest absolute Gasteiger partial charge is 0.153 e. The van der Waals surface area contributed by atoms with Gasteiger partial charge in [-0.1, -0.05) is 29.3 Å². The van der Waals surface area contributed by atoms with Crippen LogP contribution in [0.5, 0.6) is 0 Å². The maximum atomic E-state index is 10.6. The second kappa shape index (κ2) is 3.71. The van der Waals surface area contributed by atoms with E-state index in [-0.39, 0.29) is 5.15 Å². The molecule has 0 aliphatic heterocycles. The molecule has 1 aromatic rings. The number of rotatable bonds is 1. The zero-order valence-electron chi connectivity index (χ0n) is 7.26. The lowest BCUT2D eigenvalue weighted by Gasteiger charge is -2.13. The average molecular weight is 228 g/mol. The Morgan fingerprint density at radius 2 is 2.21 bits per heavy atom. The minimum Gasteiger partial charge on any atom is -0.298 e. The molecule has 0 N–H and O–H groups in total. The van der Waals surface area contributed by atoms with Gasteiger partial charge in [-0.2, -0.15) is 0 Å². The number of hydrogen-bond donors (Lipinski definition) is 0. The fourth-order valence-electron chi connectivity index (χ4n) is 1.47. The Labute approximate surface area is 91.5 Å². The third kappa shape index (κ3) is 1.56. The monoisotopic (exact) mass is 227 g/mol. The van der Waals surface area contributed by atoms with E-state index in [1.165, 1.54) is 0 Å². The van der Waals surface area contributed by atoms with E-state index >= 15 is 0 Å². The second-order valence-corrected chi connectivity index (χ2v) is 3.84. The summed E-state index contributed by atoms with van der Waals surface area (Å²) in [5.41, 5.74) is 2.08. The van der Waals surface area contributed by atoms with Crippen molar-refractivity contribution >= 4 is 34.5 Å². The van der Waals surface area contributed by atoms with Crippen LogP contribution in [-0.2, 0) is 6.42 Å². The van der Waals surface area contributed by atoms with Gasteiger partial charge in [-0.3, -0.25) is 4.79 Å². The molecule has 0 unspecified atom stereocenters. The van der Waals surface area contributed by atoms with Crippen molar-refractivity contribution in [2.24, 2.45) is 0 Å². The molecule has 2 nitrogen and oxygen atoms in total. The molecule has 0 saturated carbocycles. The van der Waals surface area contributed by atoms with Crippen molar-refractivity contribution in [2.45, 2.75) is 12.8 Å². The van der Waals surface area contributed by atoms with Crippen LogP contribution in [0.3, 0.4) is 0 Å². The van der Waals surface area contributed by atoms with Gasteiger partial charge >= 0.3 is 0 Å². The molecular formula is C10H7Cl2NO. The minimum absolute atomic E-state index is 0.255. The lowest BCUT2D eigenvalue weighted by atomic mass is 10.0. The molecule has 1 aromatic heterocycles. The zero-order chi connectivity index (χ0) is 10.1. The molecule has 1 aliphatic carbocycles. The molecule has 14 heavy (non-hydrogen) atoms. The molecule has 0 fully saturated rings. The number of nitrogens with zero attached hydrogens (tertiary/aromatic N) is 1. The van der Waals surface area contributed by atoms with Crippen LogP contribution < -0.4 is 0 Å². The summed E-state index contributed by atoms with van der Waals surface area (Å²) in [4.78, 5) is 14.8. The molecule has 2 rings (SSSR count). The van der Waals surface area contributed by atoms with Gasteiger partial charge < -0.3 is 0 Å². The fraction of sp³-hybridized carbons (Fsp3) is 0.200. The first-order valence-corrected chi connectivity index (χ1v) is 4.98. The van der Waals surface area contributed by atoms with Crippen LogP contribution in [0.2, 0.25) is 5.15 Å². The predicted octanol–water partition coefficient (Wildman–Crippen LogP) is 3.07.